The number of anilines is 1. The molecule has 5 rings (SSSR count). The Labute approximate surface area is 185 Å². The number of carbonyl (C=O) groups excluding carboxylic acids is 3. The van der Waals surface area contributed by atoms with Crippen LogP contribution < -0.4 is 5.32 Å². The molecule has 32 heavy (non-hydrogen) atoms. The molecule has 1 unspecified atom stereocenters. The summed E-state index contributed by atoms with van der Waals surface area (Å²) in [6, 6.07) is 22.0. The summed E-state index contributed by atoms with van der Waals surface area (Å²) in [5, 5.41) is 2.94. The van der Waals surface area contributed by atoms with E-state index in [2.05, 4.69) is 5.32 Å². The van der Waals surface area contributed by atoms with E-state index in [9.17, 15) is 14.4 Å². The van der Waals surface area contributed by atoms with Crippen LogP contribution in [0.3, 0.4) is 0 Å². The molecule has 6 nitrogen and oxygen atoms in total. The Morgan fingerprint density at radius 1 is 0.906 bits per heavy atom. The molecule has 6 heteroatoms. The monoisotopic (exact) mass is 426 g/mol. The second-order valence-corrected chi connectivity index (χ2v) is 7.98. The van der Waals surface area contributed by atoms with Crippen LogP contribution in [0.2, 0.25) is 0 Å². The molecule has 0 spiro atoms. The van der Waals surface area contributed by atoms with Gasteiger partial charge in [0.05, 0.1) is 23.8 Å². The van der Waals surface area contributed by atoms with Gasteiger partial charge in [0, 0.05) is 23.4 Å². The fourth-order valence-corrected chi connectivity index (χ4v) is 4.25. The molecule has 2 aliphatic rings. The average Bonchev–Trinajstić information content (AvgIpc) is 3.43. The lowest BCUT2D eigenvalue weighted by Crippen LogP contribution is -2.36. The van der Waals surface area contributed by atoms with E-state index in [1.165, 1.54) is 11.0 Å². The minimum atomic E-state index is -0.375. The molecule has 3 aromatic rings. The first-order valence-electron chi connectivity index (χ1n) is 10.7. The average molecular weight is 426 g/mol. The maximum absolute atomic E-state index is 13.0. The van der Waals surface area contributed by atoms with E-state index < -0.39 is 0 Å². The molecule has 2 heterocycles. The van der Waals surface area contributed by atoms with E-state index >= 15 is 0 Å². The van der Waals surface area contributed by atoms with E-state index in [-0.39, 0.29) is 35.9 Å². The molecule has 0 aromatic heterocycles. The zero-order valence-corrected chi connectivity index (χ0v) is 17.4. The fourth-order valence-electron chi connectivity index (χ4n) is 4.25. The number of nitrogens with one attached hydrogen (secondary N) is 1. The van der Waals surface area contributed by atoms with E-state index in [0.29, 0.717) is 23.4 Å². The summed E-state index contributed by atoms with van der Waals surface area (Å²) in [5.41, 5.74) is 3.48. The Kier molecular flexibility index (Phi) is 5.29. The smallest absolute Gasteiger partial charge is 0.261 e. The highest BCUT2D eigenvalue weighted by molar-refractivity contribution is 6.22. The van der Waals surface area contributed by atoms with Crippen LogP contribution in [0.5, 0.6) is 0 Å². The Bertz CT molecular complexity index is 1200. The summed E-state index contributed by atoms with van der Waals surface area (Å²) in [6.07, 6.45) is 1.65. The number of ether oxygens (including phenoxy) is 1. The topological polar surface area (TPSA) is 75.7 Å². The van der Waals surface area contributed by atoms with Crippen molar-refractivity contribution in [3.63, 3.8) is 0 Å². The molecule has 2 aliphatic heterocycles. The van der Waals surface area contributed by atoms with Gasteiger partial charge in [-0.2, -0.15) is 0 Å². The summed E-state index contributed by atoms with van der Waals surface area (Å²) in [6.45, 7) is 0.904. The number of benzene rings is 3. The Morgan fingerprint density at radius 2 is 1.66 bits per heavy atom. The largest absolute Gasteiger partial charge is 0.376 e. The second kappa shape index (κ2) is 8.40. The number of fused-ring (bicyclic) bond motifs is 1. The molecule has 1 atom stereocenters. The van der Waals surface area contributed by atoms with Gasteiger partial charge in [0.2, 0.25) is 0 Å². The minimum absolute atomic E-state index is 0.116. The highest BCUT2D eigenvalue weighted by atomic mass is 16.5. The van der Waals surface area contributed by atoms with Gasteiger partial charge < -0.3 is 10.1 Å². The van der Waals surface area contributed by atoms with Crippen molar-refractivity contribution in [2.75, 3.05) is 18.5 Å². The first kappa shape index (κ1) is 20.2. The maximum atomic E-state index is 13.0. The summed E-state index contributed by atoms with van der Waals surface area (Å²) in [5.74, 6) is -1.05. The standard InChI is InChI=1S/C26H22N2O4/c29-24(27-23-11-5-4-10-20(23)17-7-2-1-3-8-17)18-12-13-21-22(15-18)26(31)28(25(21)30)16-19-9-6-14-32-19/h1-5,7-8,10-13,15,19H,6,9,14,16H2,(H,27,29). The summed E-state index contributed by atoms with van der Waals surface area (Å²) >= 11 is 0. The van der Waals surface area contributed by atoms with Crippen molar-refractivity contribution in [3.05, 3.63) is 89.5 Å². The molecule has 3 aromatic carbocycles. The SMILES string of the molecule is O=C(Nc1ccccc1-c1ccccc1)c1ccc2c(c1)C(=O)N(CC1CCCO1)C2=O. The van der Waals surface area contributed by atoms with E-state index in [4.69, 9.17) is 4.74 Å². The van der Waals surface area contributed by atoms with E-state index in [1.807, 2.05) is 54.6 Å². The predicted octanol–water partition coefficient (Wildman–Crippen LogP) is 4.38. The van der Waals surface area contributed by atoms with Crippen LogP contribution >= 0.6 is 0 Å². The quantitative estimate of drug-likeness (QED) is 0.615. The predicted molar refractivity (Wildman–Crippen MR) is 121 cm³/mol. The lowest BCUT2D eigenvalue weighted by molar-refractivity contribution is 0.0475. The third-order valence-corrected chi connectivity index (χ3v) is 5.90. The normalized spacial score (nSPS) is 17.5. The number of carbonyl (C=O) groups is 3. The van der Waals surface area contributed by atoms with Gasteiger partial charge in [-0.05, 0) is 42.7 Å². The molecule has 0 radical (unpaired) electrons. The molecular formula is C26H22N2O4. The van der Waals surface area contributed by atoms with E-state index in [0.717, 1.165) is 24.0 Å². The van der Waals surface area contributed by atoms with Crippen molar-refractivity contribution >= 4 is 23.4 Å². The van der Waals surface area contributed by atoms with Crippen molar-refractivity contribution in [3.8, 4) is 11.1 Å². The van der Waals surface area contributed by atoms with Gasteiger partial charge in [-0.1, -0.05) is 48.5 Å². The Morgan fingerprint density at radius 3 is 2.44 bits per heavy atom. The zero-order valence-electron chi connectivity index (χ0n) is 17.4. The number of amides is 3. The van der Waals surface area contributed by atoms with Gasteiger partial charge >= 0.3 is 0 Å². The van der Waals surface area contributed by atoms with Crippen molar-refractivity contribution in [1.82, 2.24) is 4.90 Å². The number of hydrogen-bond acceptors (Lipinski definition) is 4. The summed E-state index contributed by atoms with van der Waals surface area (Å²) in [7, 11) is 0. The van der Waals surface area contributed by atoms with Gasteiger partial charge in [0.25, 0.3) is 17.7 Å². The molecule has 1 fully saturated rings. The molecule has 160 valence electrons. The maximum Gasteiger partial charge on any atom is 0.261 e. The lowest BCUT2D eigenvalue weighted by atomic mass is 10.0. The summed E-state index contributed by atoms with van der Waals surface area (Å²) < 4.78 is 5.58. The molecule has 0 aliphatic carbocycles. The summed E-state index contributed by atoms with van der Waals surface area (Å²) in [4.78, 5) is 39.8. The van der Waals surface area contributed by atoms with Gasteiger partial charge in [-0.3, -0.25) is 19.3 Å². The number of para-hydroxylation sites is 1. The van der Waals surface area contributed by atoms with Crippen LogP contribution in [0.15, 0.2) is 72.8 Å². The van der Waals surface area contributed by atoms with Gasteiger partial charge in [-0.15, -0.1) is 0 Å². The molecule has 1 saturated heterocycles. The third-order valence-electron chi connectivity index (χ3n) is 5.90. The highest BCUT2D eigenvalue weighted by Gasteiger charge is 2.38. The van der Waals surface area contributed by atoms with Crippen molar-refractivity contribution in [1.29, 1.82) is 0 Å². The van der Waals surface area contributed by atoms with Crippen molar-refractivity contribution in [2.45, 2.75) is 18.9 Å². The van der Waals surface area contributed by atoms with Crippen molar-refractivity contribution in [2.24, 2.45) is 0 Å². The van der Waals surface area contributed by atoms with Crippen LogP contribution in [0.4, 0.5) is 5.69 Å². The minimum Gasteiger partial charge on any atom is -0.376 e. The van der Waals surface area contributed by atoms with Crippen LogP contribution in [0.1, 0.15) is 43.9 Å². The highest BCUT2D eigenvalue weighted by Crippen LogP contribution is 2.29. The van der Waals surface area contributed by atoms with Crippen LogP contribution in [0, 0.1) is 0 Å². The van der Waals surface area contributed by atoms with Crippen LogP contribution in [0.25, 0.3) is 11.1 Å². The number of rotatable bonds is 5. The Hall–Kier alpha value is -3.77. The first-order chi connectivity index (χ1) is 15.6. The fraction of sp³-hybridized carbons (Fsp3) is 0.192. The van der Waals surface area contributed by atoms with Gasteiger partial charge in [0.1, 0.15) is 0 Å². The number of hydrogen-bond donors (Lipinski definition) is 1. The number of nitrogens with zero attached hydrogens (tertiary/aromatic N) is 1. The molecule has 0 saturated carbocycles. The van der Waals surface area contributed by atoms with Gasteiger partial charge in [0.15, 0.2) is 0 Å². The third kappa shape index (κ3) is 3.69. The molecule has 0 bridgehead atoms. The lowest BCUT2D eigenvalue weighted by Gasteiger charge is -2.17. The van der Waals surface area contributed by atoms with Gasteiger partial charge in [-0.25, -0.2) is 0 Å². The molecule has 3 amide bonds. The van der Waals surface area contributed by atoms with Crippen LogP contribution in [-0.4, -0.2) is 41.9 Å². The Balaban J connectivity index is 1.38. The van der Waals surface area contributed by atoms with Crippen molar-refractivity contribution < 1.29 is 19.1 Å². The second-order valence-electron chi connectivity index (χ2n) is 7.98. The molecule has 1 N–H and O–H groups in total. The first-order valence-corrected chi connectivity index (χ1v) is 10.7. The number of imide groups is 1. The van der Waals surface area contributed by atoms with E-state index in [1.54, 1.807) is 12.1 Å². The van der Waals surface area contributed by atoms with Crippen LogP contribution in [-0.2, 0) is 4.74 Å². The molecular weight excluding hydrogens is 404 g/mol. The zero-order chi connectivity index (χ0) is 22.1.